The van der Waals surface area contributed by atoms with Crippen molar-refractivity contribution < 1.29 is 0 Å². The summed E-state index contributed by atoms with van der Waals surface area (Å²) in [6, 6.07) is 3.21. The van der Waals surface area contributed by atoms with E-state index in [4.69, 9.17) is 0 Å². The second-order valence-corrected chi connectivity index (χ2v) is 5.41. The number of halogens is 1. The fourth-order valence-electron chi connectivity index (χ4n) is 1.29. The van der Waals surface area contributed by atoms with Crippen LogP contribution >= 0.6 is 15.9 Å². The Hall–Kier alpha value is -0.640. The SMILES string of the molecule is CC(C)(C)C(CBr)Cn1ncccc1=O. The van der Waals surface area contributed by atoms with Crippen LogP contribution in [0.2, 0.25) is 0 Å². The molecule has 1 atom stereocenters. The number of aromatic nitrogens is 2. The van der Waals surface area contributed by atoms with E-state index < -0.39 is 0 Å². The summed E-state index contributed by atoms with van der Waals surface area (Å²) in [6.07, 6.45) is 1.65. The van der Waals surface area contributed by atoms with Gasteiger partial charge in [0.05, 0.1) is 0 Å². The van der Waals surface area contributed by atoms with E-state index in [-0.39, 0.29) is 11.0 Å². The lowest BCUT2D eigenvalue weighted by Crippen LogP contribution is -2.32. The van der Waals surface area contributed by atoms with Crippen LogP contribution in [0.1, 0.15) is 20.8 Å². The molecule has 0 bridgehead atoms. The minimum absolute atomic E-state index is 0.0345. The average molecular weight is 273 g/mol. The Balaban J connectivity index is 2.85. The lowest BCUT2D eigenvalue weighted by atomic mass is 9.82. The summed E-state index contributed by atoms with van der Waals surface area (Å²) < 4.78 is 1.52. The Morgan fingerprint density at radius 3 is 2.67 bits per heavy atom. The predicted molar refractivity (Wildman–Crippen MR) is 65.2 cm³/mol. The normalized spacial score (nSPS) is 13.9. The summed E-state index contributed by atoms with van der Waals surface area (Å²) >= 11 is 3.49. The molecule has 0 aliphatic heterocycles. The Morgan fingerprint density at radius 1 is 1.53 bits per heavy atom. The molecule has 0 spiro atoms. The van der Waals surface area contributed by atoms with E-state index >= 15 is 0 Å². The molecule has 0 fully saturated rings. The molecule has 1 heterocycles. The van der Waals surface area contributed by atoms with Gasteiger partial charge in [-0.25, -0.2) is 4.68 Å². The number of hydrogen-bond donors (Lipinski definition) is 0. The van der Waals surface area contributed by atoms with Crippen molar-refractivity contribution in [2.75, 3.05) is 5.33 Å². The van der Waals surface area contributed by atoms with Crippen LogP contribution in [-0.2, 0) is 6.54 Å². The first-order chi connectivity index (χ1) is 6.95. The van der Waals surface area contributed by atoms with Crippen molar-refractivity contribution >= 4 is 15.9 Å². The van der Waals surface area contributed by atoms with Gasteiger partial charge >= 0.3 is 0 Å². The number of nitrogens with zero attached hydrogens (tertiary/aromatic N) is 2. The molecule has 0 aliphatic carbocycles. The van der Waals surface area contributed by atoms with E-state index in [1.807, 2.05) is 0 Å². The van der Waals surface area contributed by atoms with Crippen LogP contribution < -0.4 is 5.56 Å². The molecule has 1 unspecified atom stereocenters. The Kier molecular flexibility index (Phi) is 4.08. The topological polar surface area (TPSA) is 34.9 Å². The van der Waals surface area contributed by atoms with Gasteiger partial charge in [0.25, 0.3) is 5.56 Å². The molecule has 0 aliphatic rings. The maximum absolute atomic E-state index is 11.5. The molecular formula is C11H17BrN2O. The van der Waals surface area contributed by atoms with Crippen molar-refractivity contribution in [1.29, 1.82) is 0 Å². The van der Waals surface area contributed by atoms with Crippen LogP contribution in [0.15, 0.2) is 23.1 Å². The summed E-state index contributed by atoms with van der Waals surface area (Å²) in [5, 5.41) is 4.94. The molecule has 1 rings (SSSR count). The summed E-state index contributed by atoms with van der Waals surface area (Å²) in [5.74, 6) is 0.394. The lowest BCUT2D eigenvalue weighted by Gasteiger charge is -2.29. The molecule has 0 amide bonds. The van der Waals surface area contributed by atoms with Crippen molar-refractivity contribution in [2.45, 2.75) is 27.3 Å². The third-order valence-corrected chi connectivity index (χ3v) is 3.37. The molecule has 0 N–H and O–H groups in total. The third kappa shape index (κ3) is 3.45. The highest BCUT2D eigenvalue weighted by Crippen LogP contribution is 2.28. The predicted octanol–water partition coefficient (Wildman–Crippen LogP) is 2.30. The van der Waals surface area contributed by atoms with E-state index in [1.165, 1.54) is 4.68 Å². The van der Waals surface area contributed by atoms with Crippen LogP contribution in [0.4, 0.5) is 0 Å². The zero-order valence-electron chi connectivity index (χ0n) is 9.40. The summed E-state index contributed by atoms with van der Waals surface area (Å²) in [6.45, 7) is 7.18. The molecule has 15 heavy (non-hydrogen) atoms. The van der Waals surface area contributed by atoms with Gasteiger partial charge in [-0.2, -0.15) is 5.10 Å². The monoisotopic (exact) mass is 272 g/mol. The molecule has 3 nitrogen and oxygen atoms in total. The van der Waals surface area contributed by atoms with E-state index in [0.29, 0.717) is 12.5 Å². The molecule has 84 valence electrons. The molecule has 0 saturated heterocycles. The van der Waals surface area contributed by atoms with Gasteiger partial charge in [-0.15, -0.1) is 0 Å². The standard InChI is InChI=1S/C11H17BrN2O/c1-11(2,3)9(7-12)8-14-10(15)5-4-6-13-14/h4-6,9H,7-8H2,1-3H3. The van der Waals surface area contributed by atoms with Gasteiger partial charge in [-0.05, 0) is 17.4 Å². The molecule has 1 aromatic rings. The lowest BCUT2D eigenvalue weighted by molar-refractivity contribution is 0.228. The maximum Gasteiger partial charge on any atom is 0.266 e. The van der Waals surface area contributed by atoms with Crippen LogP contribution in [0.3, 0.4) is 0 Å². The van der Waals surface area contributed by atoms with Crippen LogP contribution in [0.5, 0.6) is 0 Å². The number of rotatable bonds is 3. The van der Waals surface area contributed by atoms with Crippen molar-refractivity contribution in [3.63, 3.8) is 0 Å². The number of hydrogen-bond acceptors (Lipinski definition) is 2. The second-order valence-electron chi connectivity index (χ2n) is 4.76. The minimum atomic E-state index is -0.0345. The maximum atomic E-state index is 11.5. The molecule has 4 heteroatoms. The molecule has 1 aromatic heterocycles. The van der Waals surface area contributed by atoms with Gasteiger partial charge in [0.2, 0.25) is 0 Å². The van der Waals surface area contributed by atoms with Gasteiger partial charge in [0, 0.05) is 24.1 Å². The zero-order chi connectivity index (χ0) is 11.5. The fraction of sp³-hybridized carbons (Fsp3) is 0.636. The largest absolute Gasteiger partial charge is 0.268 e. The van der Waals surface area contributed by atoms with Crippen molar-refractivity contribution in [1.82, 2.24) is 9.78 Å². The Labute approximate surface area is 98.6 Å². The summed E-state index contributed by atoms with van der Waals surface area (Å²) in [4.78, 5) is 11.5. The van der Waals surface area contributed by atoms with E-state index in [9.17, 15) is 4.79 Å². The quantitative estimate of drug-likeness (QED) is 0.792. The highest BCUT2D eigenvalue weighted by molar-refractivity contribution is 9.09. The van der Waals surface area contributed by atoms with E-state index in [0.717, 1.165) is 5.33 Å². The first-order valence-electron chi connectivity index (χ1n) is 5.03. The van der Waals surface area contributed by atoms with E-state index in [2.05, 4.69) is 41.8 Å². The molecule has 0 saturated carbocycles. The van der Waals surface area contributed by atoms with Crippen LogP contribution in [-0.4, -0.2) is 15.1 Å². The van der Waals surface area contributed by atoms with Gasteiger partial charge < -0.3 is 0 Å². The van der Waals surface area contributed by atoms with Crippen LogP contribution in [0, 0.1) is 11.3 Å². The van der Waals surface area contributed by atoms with Crippen molar-refractivity contribution in [3.05, 3.63) is 28.7 Å². The fourth-order valence-corrected chi connectivity index (χ4v) is 2.46. The number of alkyl halides is 1. The van der Waals surface area contributed by atoms with Gasteiger partial charge in [-0.1, -0.05) is 36.7 Å². The Bertz CT molecular complexity index is 367. The Morgan fingerprint density at radius 2 is 2.20 bits per heavy atom. The van der Waals surface area contributed by atoms with Gasteiger partial charge in [0.15, 0.2) is 0 Å². The van der Waals surface area contributed by atoms with Gasteiger partial charge in [0.1, 0.15) is 0 Å². The van der Waals surface area contributed by atoms with Gasteiger partial charge in [-0.3, -0.25) is 4.79 Å². The molecule has 0 radical (unpaired) electrons. The minimum Gasteiger partial charge on any atom is -0.268 e. The first-order valence-corrected chi connectivity index (χ1v) is 6.15. The zero-order valence-corrected chi connectivity index (χ0v) is 11.0. The van der Waals surface area contributed by atoms with Crippen LogP contribution in [0.25, 0.3) is 0 Å². The van der Waals surface area contributed by atoms with Crippen molar-refractivity contribution in [2.24, 2.45) is 11.3 Å². The molecular weight excluding hydrogens is 256 g/mol. The first kappa shape index (κ1) is 12.4. The highest BCUT2D eigenvalue weighted by Gasteiger charge is 2.24. The third-order valence-electron chi connectivity index (χ3n) is 2.59. The summed E-state index contributed by atoms with van der Waals surface area (Å²) in [7, 11) is 0. The molecule has 0 aromatic carbocycles. The average Bonchev–Trinajstić information content (AvgIpc) is 2.14. The second kappa shape index (κ2) is 4.92. The smallest absolute Gasteiger partial charge is 0.266 e. The van der Waals surface area contributed by atoms with Crippen molar-refractivity contribution in [3.8, 4) is 0 Å². The van der Waals surface area contributed by atoms with E-state index in [1.54, 1.807) is 18.3 Å². The summed E-state index contributed by atoms with van der Waals surface area (Å²) in [5.41, 5.74) is 0.133. The highest BCUT2D eigenvalue weighted by atomic mass is 79.9.